The van der Waals surface area contributed by atoms with Crippen molar-refractivity contribution in [3.8, 4) is 12.3 Å². The second-order valence-electron chi connectivity index (χ2n) is 5.22. The van der Waals surface area contributed by atoms with E-state index in [1.165, 1.54) is 0 Å². The Bertz CT molecular complexity index is 548. The van der Waals surface area contributed by atoms with E-state index in [1.807, 2.05) is 30.3 Å². The molecule has 4 nitrogen and oxygen atoms in total. The highest BCUT2D eigenvalue weighted by Crippen LogP contribution is 2.22. The lowest BCUT2D eigenvalue weighted by molar-refractivity contribution is -0.148. The quantitative estimate of drug-likeness (QED) is 0.663. The van der Waals surface area contributed by atoms with E-state index in [-0.39, 0.29) is 11.8 Å². The largest absolute Gasteiger partial charge is 0.339 e. The van der Waals surface area contributed by atoms with Crippen LogP contribution in [0.25, 0.3) is 0 Å². The molecule has 1 aromatic carbocycles. The van der Waals surface area contributed by atoms with Crippen LogP contribution in [-0.4, -0.2) is 29.3 Å². The Balaban J connectivity index is 2.10. The summed E-state index contributed by atoms with van der Waals surface area (Å²) in [6.07, 6.45) is 7.61. The zero-order chi connectivity index (χ0) is 15.2. The predicted octanol–water partition coefficient (Wildman–Crippen LogP) is 1.88. The fourth-order valence-electron chi connectivity index (χ4n) is 2.51. The number of unbranched alkanes of at least 4 members (excludes halogenated alkanes) is 2. The van der Waals surface area contributed by atoms with Gasteiger partial charge in [-0.2, -0.15) is 0 Å². The normalized spacial score (nSPS) is 21.8. The molecule has 2 unspecified atom stereocenters. The average molecular weight is 284 g/mol. The van der Waals surface area contributed by atoms with Crippen molar-refractivity contribution in [2.24, 2.45) is 0 Å². The van der Waals surface area contributed by atoms with E-state index in [9.17, 15) is 9.59 Å². The Labute approximate surface area is 125 Å². The van der Waals surface area contributed by atoms with Gasteiger partial charge in [-0.05, 0) is 25.3 Å². The molecule has 1 aliphatic rings. The van der Waals surface area contributed by atoms with Crippen molar-refractivity contribution in [1.82, 2.24) is 10.2 Å². The van der Waals surface area contributed by atoms with Gasteiger partial charge in [-0.3, -0.25) is 9.59 Å². The van der Waals surface area contributed by atoms with E-state index in [0.717, 1.165) is 18.4 Å². The minimum atomic E-state index is -0.581. The van der Waals surface area contributed by atoms with Crippen LogP contribution in [0.5, 0.6) is 0 Å². The Morgan fingerprint density at radius 1 is 1.24 bits per heavy atom. The van der Waals surface area contributed by atoms with E-state index in [2.05, 4.69) is 11.2 Å². The van der Waals surface area contributed by atoms with Crippen molar-refractivity contribution in [1.29, 1.82) is 0 Å². The zero-order valence-corrected chi connectivity index (χ0v) is 12.2. The number of hydrogen-bond acceptors (Lipinski definition) is 2. The molecule has 0 saturated carbocycles. The summed E-state index contributed by atoms with van der Waals surface area (Å²) in [6, 6.07) is 8.32. The molecule has 1 saturated heterocycles. The molecule has 1 aromatic rings. The van der Waals surface area contributed by atoms with Crippen LogP contribution in [0.4, 0.5) is 0 Å². The van der Waals surface area contributed by atoms with Gasteiger partial charge in [0.05, 0.1) is 0 Å². The Hall–Kier alpha value is -2.28. The number of piperazine rings is 1. The maximum Gasteiger partial charge on any atom is 0.250 e. The van der Waals surface area contributed by atoms with Gasteiger partial charge in [0, 0.05) is 13.0 Å². The number of amides is 2. The second kappa shape index (κ2) is 6.94. The number of carbonyl (C=O) groups is 2. The SMILES string of the molecule is C#CCCCCN1C(=O)C(c2ccccc2)NC(=O)C1C. The van der Waals surface area contributed by atoms with E-state index in [4.69, 9.17) is 6.42 Å². The predicted molar refractivity (Wildman–Crippen MR) is 81.2 cm³/mol. The first-order valence-corrected chi connectivity index (χ1v) is 7.24. The summed E-state index contributed by atoms with van der Waals surface area (Å²) in [4.78, 5) is 26.4. The molecule has 1 aliphatic heterocycles. The molecular weight excluding hydrogens is 264 g/mol. The third kappa shape index (κ3) is 3.43. The molecule has 0 aromatic heterocycles. The third-order valence-electron chi connectivity index (χ3n) is 3.77. The van der Waals surface area contributed by atoms with Crippen molar-refractivity contribution in [3.05, 3.63) is 35.9 Å². The molecule has 0 spiro atoms. The smallest absolute Gasteiger partial charge is 0.250 e. The van der Waals surface area contributed by atoms with Crippen molar-refractivity contribution in [2.75, 3.05) is 6.54 Å². The molecule has 110 valence electrons. The molecule has 0 aliphatic carbocycles. The summed E-state index contributed by atoms with van der Waals surface area (Å²) in [6.45, 7) is 2.33. The van der Waals surface area contributed by atoms with Crippen LogP contribution in [0.2, 0.25) is 0 Å². The van der Waals surface area contributed by atoms with Crippen molar-refractivity contribution in [3.63, 3.8) is 0 Å². The number of terminal acetylenes is 1. The topological polar surface area (TPSA) is 49.4 Å². The van der Waals surface area contributed by atoms with Gasteiger partial charge in [0.1, 0.15) is 12.1 Å². The van der Waals surface area contributed by atoms with E-state index < -0.39 is 12.1 Å². The molecule has 2 amide bonds. The van der Waals surface area contributed by atoms with Gasteiger partial charge in [-0.25, -0.2) is 0 Å². The molecule has 1 fully saturated rings. The minimum Gasteiger partial charge on any atom is -0.339 e. The molecule has 1 heterocycles. The van der Waals surface area contributed by atoms with Crippen LogP contribution in [0, 0.1) is 12.3 Å². The highest BCUT2D eigenvalue weighted by Gasteiger charge is 2.38. The van der Waals surface area contributed by atoms with E-state index in [1.54, 1.807) is 11.8 Å². The van der Waals surface area contributed by atoms with Crippen molar-refractivity contribution >= 4 is 11.8 Å². The highest BCUT2D eigenvalue weighted by atomic mass is 16.2. The first-order valence-electron chi connectivity index (χ1n) is 7.24. The maximum absolute atomic E-state index is 12.6. The standard InChI is InChI=1S/C17H20N2O2/c1-3-4-5-9-12-19-13(2)16(20)18-15(17(19)21)14-10-7-6-8-11-14/h1,6-8,10-11,13,15H,4-5,9,12H2,2H3,(H,18,20). The Morgan fingerprint density at radius 3 is 2.62 bits per heavy atom. The number of rotatable bonds is 5. The molecule has 0 radical (unpaired) electrons. The van der Waals surface area contributed by atoms with Crippen LogP contribution < -0.4 is 5.32 Å². The fraction of sp³-hybridized carbons (Fsp3) is 0.412. The van der Waals surface area contributed by atoms with Gasteiger partial charge in [0.15, 0.2) is 0 Å². The third-order valence-corrected chi connectivity index (χ3v) is 3.77. The number of carbonyl (C=O) groups excluding carboxylic acids is 2. The molecule has 21 heavy (non-hydrogen) atoms. The first-order chi connectivity index (χ1) is 10.1. The summed E-state index contributed by atoms with van der Waals surface area (Å²) < 4.78 is 0. The number of nitrogens with one attached hydrogen (secondary N) is 1. The number of nitrogens with zero attached hydrogens (tertiary/aromatic N) is 1. The lowest BCUT2D eigenvalue weighted by Gasteiger charge is -2.37. The fourth-order valence-corrected chi connectivity index (χ4v) is 2.51. The van der Waals surface area contributed by atoms with Gasteiger partial charge in [-0.1, -0.05) is 30.3 Å². The van der Waals surface area contributed by atoms with Gasteiger partial charge < -0.3 is 10.2 Å². The van der Waals surface area contributed by atoms with Crippen LogP contribution in [0.1, 0.15) is 37.8 Å². The average Bonchev–Trinajstić information content (AvgIpc) is 2.51. The van der Waals surface area contributed by atoms with Gasteiger partial charge in [-0.15, -0.1) is 12.3 Å². The molecule has 4 heteroatoms. The van der Waals surface area contributed by atoms with Crippen LogP contribution >= 0.6 is 0 Å². The zero-order valence-electron chi connectivity index (χ0n) is 12.2. The molecule has 2 atom stereocenters. The highest BCUT2D eigenvalue weighted by molar-refractivity contribution is 5.97. The van der Waals surface area contributed by atoms with Crippen LogP contribution in [-0.2, 0) is 9.59 Å². The second-order valence-corrected chi connectivity index (χ2v) is 5.22. The van der Waals surface area contributed by atoms with Crippen LogP contribution in [0.15, 0.2) is 30.3 Å². The van der Waals surface area contributed by atoms with E-state index in [0.29, 0.717) is 13.0 Å². The molecule has 0 bridgehead atoms. The minimum absolute atomic E-state index is 0.0472. The summed E-state index contributed by atoms with van der Waals surface area (Å²) in [5.41, 5.74) is 0.816. The van der Waals surface area contributed by atoms with E-state index >= 15 is 0 Å². The monoisotopic (exact) mass is 284 g/mol. The number of benzene rings is 1. The van der Waals surface area contributed by atoms with Crippen LogP contribution in [0.3, 0.4) is 0 Å². The molecule has 2 rings (SSSR count). The Kier molecular flexibility index (Phi) is 4.99. The Morgan fingerprint density at radius 2 is 1.95 bits per heavy atom. The molecule has 1 N–H and O–H groups in total. The molecular formula is C17H20N2O2. The first kappa shape index (κ1) is 15.1. The summed E-state index contributed by atoms with van der Waals surface area (Å²) in [7, 11) is 0. The maximum atomic E-state index is 12.6. The lowest BCUT2D eigenvalue weighted by Crippen LogP contribution is -2.58. The van der Waals surface area contributed by atoms with Crippen molar-refractivity contribution < 1.29 is 9.59 Å². The summed E-state index contributed by atoms with van der Waals surface area (Å²) >= 11 is 0. The van der Waals surface area contributed by atoms with Gasteiger partial charge >= 0.3 is 0 Å². The number of hydrogen-bond donors (Lipinski definition) is 1. The lowest BCUT2D eigenvalue weighted by atomic mass is 10.0. The van der Waals surface area contributed by atoms with Gasteiger partial charge in [0.25, 0.3) is 0 Å². The summed E-state index contributed by atoms with van der Waals surface area (Å²) in [5, 5.41) is 2.80. The van der Waals surface area contributed by atoms with Gasteiger partial charge in [0.2, 0.25) is 11.8 Å². The van der Waals surface area contributed by atoms with Crippen molar-refractivity contribution in [2.45, 2.75) is 38.3 Å². The summed E-state index contributed by atoms with van der Waals surface area (Å²) in [5.74, 6) is 2.43.